The van der Waals surface area contributed by atoms with Crippen LogP contribution in [0.4, 0.5) is 11.6 Å². The van der Waals surface area contributed by atoms with E-state index in [0.717, 1.165) is 12.0 Å². The molecule has 0 bridgehead atoms. The summed E-state index contributed by atoms with van der Waals surface area (Å²) in [5, 5.41) is 2.76. The molecule has 148 valence electrons. The predicted molar refractivity (Wildman–Crippen MR) is 109 cm³/mol. The quantitative estimate of drug-likeness (QED) is 0.618. The maximum atomic E-state index is 12.5. The number of methoxy groups -OCH3 is 1. The van der Waals surface area contributed by atoms with E-state index in [0.29, 0.717) is 23.7 Å². The van der Waals surface area contributed by atoms with Crippen LogP contribution in [0.2, 0.25) is 0 Å². The number of carbonyl (C=O) groups is 2. The smallest absolute Gasteiger partial charge is 0.337 e. The van der Waals surface area contributed by atoms with E-state index in [1.807, 2.05) is 24.1 Å². The number of amides is 1. The zero-order chi connectivity index (χ0) is 20.6. The number of aromatic nitrogens is 3. The van der Waals surface area contributed by atoms with Crippen LogP contribution in [-0.2, 0) is 11.2 Å². The van der Waals surface area contributed by atoms with Gasteiger partial charge in [0.25, 0.3) is 5.91 Å². The molecule has 0 radical (unpaired) electrons. The van der Waals surface area contributed by atoms with Gasteiger partial charge in [-0.3, -0.25) is 9.78 Å². The Hall–Kier alpha value is -3.81. The molecule has 2 aromatic heterocycles. The van der Waals surface area contributed by atoms with E-state index in [-0.39, 0.29) is 11.6 Å². The first-order valence-corrected chi connectivity index (χ1v) is 8.99. The summed E-state index contributed by atoms with van der Waals surface area (Å²) in [7, 11) is 3.20. The van der Waals surface area contributed by atoms with Crippen LogP contribution in [0.1, 0.15) is 26.4 Å². The fourth-order valence-electron chi connectivity index (χ4n) is 2.61. The number of rotatable bonds is 7. The molecule has 0 saturated heterocycles. The maximum Gasteiger partial charge on any atom is 0.337 e. The van der Waals surface area contributed by atoms with Gasteiger partial charge in [0.1, 0.15) is 5.69 Å². The number of carbonyl (C=O) groups excluding carboxylic acids is 2. The molecule has 0 saturated carbocycles. The Morgan fingerprint density at radius 3 is 2.45 bits per heavy atom. The lowest BCUT2D eigenvalue weighted by molar-refractivity contribution is 0.0600. The first kappa shape index (κ1) is 19.9. The molecule has 3 aromatic rings. The third-order valence-electron chi connectivity index (χ3n) is 4.27. The van der Waals surface area contributed by atoms with Crippen LogP contribution in [0.15, 0.2) is 61.1 Å². The number of nitrogens with one attached hydrogen (secondary N) is 1. The van der Waals surface area contributed by atoms with Crippen molar-refractivity contribution >= 4 is 23.5 Å². The third kappa shape index (κ3) is 5.35. The molecule has 0 aliphatic heterocycles. The number of hydrogen-bond donors (Lipinski definition) is 1. The number of benzene rings is 1. The van der Waals surface area contributed by atoms with Gasteiger partial charge in [-0.2, -0.15) is 0 Å². The van der Waals surface area contributed by atoms with E-state index in [9.17, 15) is 9.59 Å². The molecule has 3 rings (SSSR count). The van der Waals surface area contributed by atoms with Gasteiger partial charge in [-0.05, 0) is 54.4 Å². The normalized spacial score (nSPS) is 10.3. The highest BCUT2D eigenvalue weighted by Gasteiger charge is 2.12. The van der Waals surface area contributed by atoms with Gasteiger partial charge in [0.2, 0.25) is 5.95 Å². The summed E-state index contributed by atoms with van der Waals surface area (Å²) in [6.45, 7) is 0.698. The lowest BCUT2D eigenvalue weighted by atomic mass is 10.2. The first-order chi connectivity index (χ1) is 14.1. The molecule has 0 spiro atoms. The number of hydrogen-bond acceptors (Lipinski definition) is 7. The summed E-state index contributed by atoms with van der Waals surface area (Å²) in [5.41, 5.74) is 2.37. The van der Waals surface area contributed by atoms with Gasteiger partial charge < -0.3 is 15.0 Å². The van der Waals surface area contributed by atoms with Crippen LogP contribution in [0.25, 0.3) is 0 Å². The van der Waals surface area contributed by atoms with Crippen molar-refractivity contribution in [3.63, 3.8) is 0 Å². The minimum absolute atomic E-state index is 0.253. The van der Waals surface area contributed by atoms with E-state index >= 15 is 0 Å². The molecule has 1 amide bonds. The summed E-state index contributed by atoms with van der Waals surface area (Å²) < 4.78 is 4.66. The van der Waals surface area contributed by atoms with Gasteiger partial charge >= 0.3 is 5.97 Å². The summed E-state index contributed by atoms with van der Waals surface area (Å²) in [4.78, 5) is 38.5. The lowest BCUT2D eigenvalue weighted by Crippen LogP contribution is -2.24. The van der Waals surface area contributed by atoms with Gasteiger partial charge in [0, 0.05) is 37.9 Å². The standard InChI is InChI=1S/C21H21N5O3/c1-26(14-10-15-7-11-22-12-8-15)21-23-13-9-18(25-21)19(27)24-17-5-3-16(4-6-17)20(28)29-2/h3-9,11-13H,10,14H2,1-2H3,(H,24,27). The molecule has 8 nitrogen and oxygen atoms in total. The van der Waals surface area contributed by atoms with E-state index < -0.39 is 5.97 Å². The SMILES string of the molecule is COC(=O)c1ccc(NC(=O)c2ccnc(N(C)CCc3ccncc3)n2)cc1. The second-order valence-electron chi connectivity index (χ2n) is 6.29. The van der Waals surface area contributed by atoms with Crippen molar-refractivity contribution < 1.29 is 14.3 Å². The number of pyridine rings is 1. The second kappa shape index (κ2) is 9.41. The van der Waals surface area contributed by atoms with Crippen molar-refractivity contribution in [1.82, 2.24) is 15.0 Å². The maximum absolute atomic E-state index is 12.5. The molecule has 8 heteroatoms. The predicted octanol–water partition coefficient (Wildman–Crippen LogP) is 2.59. The van der Waals surface area contributed by atoms with Crippen molar-refractivity contribution in [3.05, 3.63) is 77.9 Å². The first-order valence-electron chi connectivity index (χ1n) is 8.99. The van der Waals surface area contributed by atoms with Crippen LogP contribution in [0.3, 0.4) is 0 Å². The Kier molecular flexibility index (Phi) is 6.47. The number of anilines is 2. The van der Waals surface area contributed by atoms with Crippen molar-refractivity contribution in [3.8, 4) is 0 Å². The van der Waals surface area contributed by atoms with Gasteiger partial charge in [-0.15, -0.1) is 0 Å². The molecule has 0 aliphatic carbocycles. The monoisotopic (exact) mass is 391 g/mol. The average Bonchev–Trinajstić information content (AvgIpc) is 2.78. The van der Waals surface area contributed by atoms with Crippen LogP contribution < -0.4 is 10.2 Å². The Balaban J connectivity index is 1.63. The van der Waals surface area contributed by atoms with E-state index in [1.165, 1.54) is 7.11 Å². The highest BCUT2D eigenvalue weighted by Crippen LogP contribution is 2.13. The molecular formula is C21H21N5O3. The molecule has 1 N–H and O–H groups in total. The van der Waals surface area contributed by atoms with E-state index in [1.54, 1.807) is 48.9 Å². The van der Waals surface area contributed by atoms with E-state index in [2.05, 4.69) is 25.0 Å². The van der Waals surface area contributed by atoms with Gasteiger partial charge in [0.15, 0.2) is 0 Å². The fraction of sp³-hybridized carbons (Fsp3) is 0.190. The number of ether oxygens (including phenoxy) is 1. The molecule has 0 unspecified atom stereocenters. The van der Waals surface area contributed by atoms with Crippen LogP contribution in [0.5, 0.6) is 0 Å². The molecule has 2 heterocycles. The van der Waals surface area contributed by atoms with Crippen LogP contribution >= 0.6 is 0 Å². The molecule has 29 heavy (non-hydrogen) atoms. The number of likely N-dealkylation sites (N-methyl/N-ethyl adjacent to an activating group) is 1. The Labute approximate surface area is 168 Å². The topological polar surface area (TPSA) is 97.3 Å². The van der Waals surface area contributed by atoms with Crippen molar-refractivity contribution in [2.24, 2.45) is 0 Å². The summed E-state index contributed by atoms with van der Waals surface area (Å²) >= 11 is 0. The molecule has 0 aliphatic rings. The van der Waals surface area contributed by atoms with Crippen molar-refractivity contribution in [1.29, 1.82) is 0 Å². The Bertz CT molecular complexity index is 977. The van der Waals surface area contributed by atoms with Crippen LogP contribution in [-0.4, -0.2) is 47.5 Å². The molecular weight excluding hydrogens is 370 g/mol. The highest BCUT2D eigenvalue weighted by molar-refractivity contribution is 6.03. The summed E-state index contributed by atoms with van der Waals surface area (Å²) in [6.07, 6.45) is 5.88. The van der Waals surface area contributed by atoms with Crippen molar-refractivity contribution in [2.75, 3.05) is 30.9 Å². The Morgan fingerprint density at radius 1 is 1.03 bits per heavy atom. The minimum atomic E-state index is -0.432. The van der Waals surface area contributed by atoms with Gasteiger partial charge in [-0.1, -0.05) is 0 Å². The van der Waals surface area contributed by atoms with Crippen molar-refractivity contribution in [2.45, 2.75) is 6.42 Å². The average molecular weight is 391 g/mol. The summed E-state index contributed by atoms with van der Waals surface area (Å²) in [5.74, 6) is -0.326. The number of esters is 1. The van der Waals surface area contributed by atoms with Gasteiger partial charge in [0.05, 0.1) is 12.7 Å². The van der Waals surface area contributed by atoms with E-state index in [4.69, 9.17) is 0 Å². The van der Waals surface area contributed by atoms with Crippen LogP contribution in [0, 0.1) is 0 Å². The highest BCUT2D eigenvalue weighted by atomic mass is 16.5. The molecule has 0 atom stereocenters. The molecule has 0 fully saturated rings. The lowest BCUT2D eigenvalue weighted by Gasteiger charge is -2.17. The van der Waals surface area contributed by atoms with Gasteiger partial charge in [-0.25, -0.2) is 14.8 Å². The molecule has 1 aromatic carbocycles. The fourth-order valence-corrected chi connectivity index (χ4v) is 2.61. The Morgan fingerprint density at radius 2 is 1.76 bits per heavy atom. The zero-order valence-electron chi connectivity index (χ0n) is 16.2. The second-order valence-corrected chi connectivity index (χ2v) is 6.29. The minimum Gasteiger partial charge on any atom is -0.465 e. The number of nitrogens with zero attached hydrogens (tertiary/aromatic N) is 4. The zero-order valence-corrected chi connectivity index (χ0v) is 16.2. The largest absolute Gasteiger partial charge is 0.465 e. The third-order valence-corrected chi connectivity index (χ3v) is 4.27. The summed E-state index contributed by atoms with van der Waals surface area (Å²) in [6, 6.07) is 11.9.